The van der Waals surface area contributed by atoms with Gasteiger partial charge in [0.15, 0.2) is 11.5 Å². The van der Waals surface area contributed by atoms with E-state index in [4.69, 9.17) is 9.47 Å². The molecule has 0 radical (unpaired) electrons. The van der Waals surface area contributed by atoms with Crippen molar-refractivity contribution in [1.82, 2.24) is 4.31 Å². The summed E-state index contributed by atoms with van der Waals surface area (Å²) in [6.45, 7) is 4.30. The van der Waals surface area contributed by atoms with Crippen LogP contribution in [0.2, 0.25) is 0 Å². The summed E-state index contributed by atoms with van der Waals surface area (Å²) in [5, 5.41) is 0. The molecule has 128 valence electrons. The van der Waals surface area contributed by atoms with Gasteiger partial charge < -0.3 is 9.47 Å². The highest BCUT2D eigenvalue weighted by atomic mass is 32.2. The van der Waals surface area contributed by atoms with Crippen LogP contribution in [0.5, 0.6) is 11.5 Å². The van der Waals surface area contributed by atoms with Crippen molar-refractivity contribution in [3.05, 3.63) is 53.6 Å². The Hall–Kier alpha value is -2.05. The molecule has 5 nitrogen and oxygen atoms in total. The highest BCUT2D eigenvalue weighted by molar-refractivity contribution is 7.89. The second-order valence-corrected chi connectivity index (χ2v) is 8.07. The van der Waals surface area contributed by atoms with Crippen molar-refractivity contribution in [2.45, 2.75) is 24.8 Å². The molecular formula is C18H21NO4S. The second-order valence-electron chi connectivity index (χ2n) is 6.05. The number of sulfonamides is 1. The maximum absolute atomic E-state index is 12.8. The van der Waals surface area contributed by atoms with Gasteiger partial charge in [0.1, 0.15) is 12.7 Å². The lowest BCUT2D eigenvalue weighted by molar-refractivity contribution is 0.0798. The van der Waals surface area contributed by atoms with E-state index < -0.39 is 10.0 Å². The minimum Gasteiger partial charge on any atom is -0.486 e. The smallest absolute Gasteiger partial charge is 0.243 e. The topological polar surface area (TPSA) is 55.8 Å². The molecule has 0 saturated carbocycles. The van der Waals surface area contributed by atoms with Gasteiger partial charge in [-0.1, -0.05) is 29.8 Å². The monoisotopic (exact) mass is 347 g/mol. The largest absolute Gasteiger partial charge is 0.486 e. The summed E-state index contributed by atoms with van der Waals surface area (Å²) < 4.78 is 38.5. The number of para-hydroxylation sites is 2. The Labute approximate surface area is 142 Å². The van der Waals surface area contributed by atoms with Crippen molar-refractivity contribution < 1.29 is 17.9 Å². The summed E-state index contributed by atoms with van der Waals surface area (Å²) >= 11 is 0. The molecule has 0 N–H and O–H groups in total. The van der Waals surface area contributed by atoms with Crippen LogP contribution in [0.15, 0.2) is 47.4 Å². The zero-order valence-electron chi connectivity index (χ0n) is 14.0. The Morgan fingerprint density at radius 1 is 1.12 bits per heavy atom. The molecule has 0 spiro atoms. The molecule has 1 aliphatic heterocycles. The average Bonchev–Trinajstić information content (AvgIpc) is 2.54. The summed E-state index contributed by atoms with van der Waals surface area (Å²) in [7, 11) is -2.00. The summed E-state index contributed by atoms with van der Waals surface area (Å²) in [4.78, 5) is 0.327. The van der Waals surface area contributed by atoms with Gasteiger partial charge in [-0.2, -0.15) is 4.31 Å². The number of fused-ring (bicyclic) bond motifs is 1. The van der Waals surface area contributed by atoms with Crippen LogP contribution in [0.25, 0.3) is 0 Å². The van der Waals surface area contributed by atoms with E-state index in [-0.39, 0.29) is 12.6 Å². The Morgan fingerprint density at radius 3 is 2.54 bits per heavy atom. The third-order valence-corrected chi connectivity index (χ3v) is 6.03. The van der Waals surface area contributed by atoms with E-state index in [9.17, 15) is 8.42 Å². The third-order valence-electron chi connectivity index (χ3n) is 4.05. The standard InChI is InChI=1S/C18H21NO4S/c1-13-8-9-18(14(2)10-13)24(20,21)19(3)11-15-12-22-16-6-4-5-7-17(16)23-15/h4-10,15H,11-12H2,1-3H3/t15-/m1/s1. The van der Waals surface area contributed by atoms with Gasteiger partial charge in [-0.05, 0) is 37.6 Å². The van der Waals surface area contributed by atoms with Crippen molar-refractivity contribution >= 4 is 10.0 Å². The molecule has 2 aromatic carbocycles. The fourth-order valence-corrected chi connectivity index (χ4v) is 4.20. The lowest BCUT2D eigenvalue weighted by atomic mass is 10.2. The SMILES string of the molecule is Cc1ccc(S(=O)(=O)N(C)C[C@@H]2COc3ccccc3O2)c(C)c1. The summed E-state index contributed by atoms with van der Waals surface area (Å²) in [5.41, 5.74) is 1.78. The maximum atomic E-state index is 12.8. The zero-order chi connectivity index (χ0) is 17.3. The molecule has 0 amide bonds. The van der Waals surface area contributed by atoms with Gasteiger partial charge in [-0.25, -0.2) is 8.42 Å². The van der Waals surface area contributed by atoms with Crippen LogP contribution in [-0.4, -0.2) is 39.0 Å². The van der Waals surface area contributed by atoms with Crippen LogP contribution in [0.4, 0.5) is 0 Å². The van der Waals surface area contributed by atoms with Gasteiger partial charge in [0, 0.05) is 7.05 Å². The first-order valence-electron chi connectivity index (χ1n) is 7.80. The number of ether oxygens (including phenoxy) is 2. The van der Waals surface area contributed by atoms with Gasteiger partial charge in [-0.15, -0.1) is 0 Å². The van der Waals surface area contributed by atoms with Gasteiger partial charge in [0.25, 0.3) is 0 Å². The van der Waals surface area contributed by atoms with E-state index in [2.05, 4.69) is 0 Å². The molecule has 1 atom stereocenters. The van der Waals surface area contributed by atoms with Crippen molar-refractivity contribution in [2.24, 2.45) is 0 Å². The minimum absolute atomic E-state index is 0.226. The molecule has 3 rings (SSSR count). The van der Waals surface area contributed by atoms with Gasteiger partial charge in [-0.3, -0.25) is 0 Å². The van der Waals surface area contributed by atoms with Crippen LogP contribution >= 0.6 is 0 Å². The molecule has 6 heteroatoms. The minimum atomic E-state index is -3.57. The Kier molecular flexibility index (Phi) is 4.51. The molecule has 0 fully saturated rings. The lowest BCUT2D eigenvalue weighted by Gasteiger charge is -2.29. The van der Waals surface area contributed by atoms with Crippen molar-refractivity contribution in [2.75, 3.05) is 20.2 Å². The third kappa shape index (κ3) is 3.25. The van der Waals surface area contributed by atoms with E-state index in [1.165, 1.54) is 4.31 Å². The van der Waals surface area contributed by atoms with Crippen LogP contribution < -0.4 is 9.47 Å². The molecule has 0 unspecified atom stereocenters. The van der Waals surface area contributed by atoms with Crippen LogP contribution in [0.3, 0.4) is 0 Å². The first-order chi connectivity index (χ1) is 11.4. The normalized spacial score (nSPS) is 17.1. The zero-order valence-corrected chi connectivity index (χ0v) is 14.8. The highest BCUT2D eigenvalue weighted by Crippen LogP contribution is 2.31. The first-order valence-corrected chi connectivity index (χ1v) is 9.24. The van der Waals surface area contributed by atoms with Crippen molar-refractivity contribution in [1.29, 1.82) is 0 Å². The molecular weight excluding hydrogens is 326 g/mol. The van der Waals surface area contributed by atoms with Crippen LogP contribution in [-0.2, 0) is 10.0 Å². The lowest BCUT2D eigenvalue weighted by Crippen LogP contribution is -2.41. The molecule has 0 aliphatic carbocycles. The molecule has 0 saturated heterocycles. The second kappa shape index (κ2) is 6.45. The van der Waals surface area contributed by atoms with Gasteiger partial charge in [0.05, 0.1) is 11.4 Å². The van der Waals surface area contributed by atoms with E-state index >= 15 is 0 Å². The number of aryl methyl sites for hydroxylation is 2. The van der Waals surface area contributed by atoms with Crippen LogP contribution in [0, 0.1) is 13.8 Å². The number of likely N-dealkylation sites (N-methyl/N-ethyl adjacent to an activating group) is 1. The van der Waals surface area contributed by atoms with E-state index in [1.807, 2.05) is 50.2 Å². The van der Waals surface area contributed by atoms with Crippen LogP contribution in [0.1, 0.15) is 11.1 Å². The summed E-state index contributed by atoms with van der Waals surface area (Å²) in [6, 6.07) is 12.7. The fraction of sp³-hybridized carbons (Fsp3) is 0.333. The predicted octanol–water partition coefficient (Wildman–Crippen LogP) is 2.76. The van der Waals surface area contributed by atoms with E-state index in [1.54, 1.807) is 13.1 Å². The molecule has 2 aromatic rings. The number of hydrogen-bond donors (Lipinski definition) is 0. The first kappa shape index (κ1) is 16.8. The number of hydrogen-bond acceptors (Lipinski definition) is 4. The Balaban J connectivity index is 1.76. The molecule has 0 aromatic heterocycles. The predicted molar refractivity (Wildman–Crippen MR) is 92.1 cm³/mol. The Bertz CT molecular complexity index is 848. The molecule has 24 heavy (non-hydrogen) atoms. The molecule has 1 aliphatic rings. The maximum Gasteiger partial charge on any atom is 0.243 e. The number of rotatable bonds is 4. The van der Waals surface area contributed by atoms with E-state index in [0.29, 0.717) is 23.0 Å². The Morgan fingerprint density at radius 2 is 1.83 bits per heavy atom. The molecule has 1 heterocycles. The summed E-state index contributed by atoms with van der Waals surface area (Å²) in [5.74, 6) is 1.33. The number of benzene rings is 2. The van der Waals surface area contributed by atoms with Gasteiger partial charge in [0.2, 0.25) is 10.0 Å². The summed E-state index contributed by atoms with van der Waals surface area (Å²) in [6.07, 6.45) is -0.342. The molecule has 0 bridgehead atoms. The van der Waals surface area contributed by atoms with E-state index in [0.717, 1.165) is 11.1 Å². The van der Waals surface area contributed by atoms with Gasteiger partial charge >= 0.3 is 0 Å². The average molecular weight is 347 g/mol. The van der Waals surface area contributed by atoms with Crippen molar-refractivity contribution in [3.63, 3.8) is 0 Å². The number of nitrogens with zero attached hydrogens (tertiary/aromatic N) is 1. The quantitative estimate of drug-likeness (QED) is 0.853. The fourth-order valence-electron chi connectivity index (χ4n) is 2.79. The highest BCUT2D eigenvalue weighted by Gasteiger charge is 2.28. The van der Waals surface area contributed by atoms with Crippen molar-refractivity contribution in [3.8, 4) is 11.5 Å².